The van der Waals surface area contributed by atoms with Crippen molar-refractivity contribution in [2.24, 2.45) is 0 Å². The minimum Gasteiger partial charge on any atom is -0.299 e. The van der Waals surface area contributed by atoms with Gasteiger partial charge in [-0.25, -0.2) is 0 Å². The van der Waals surface area contributed by atoms with E-state index in [-0.39, 0.29) is 0 Å². The summed E-state index contributed by atoms with van der Waals surface area (Å²) < 4.78 is 1.05. The molecular formula is C13H15BrOS. The lowest BCUT2D eigenvalue weighted by Gasteiger charge is -2.01. The van der Waals surface area contributed by atoms with Gasteiger partial charge in [0.05, 0.1) is 5.75 Å². The first-order chi connectivity index (χ1) is 7.72. The fraction of sp³-hybridized carbons (Fsp3) is 0.308. The van der Waals surface area contributed by atoms with Crippen molar-refractivity contribution in [3.05, 3.63) is 41.4 Å². The minimum absolute atomic E-state index is 0.312. The Morgan fingerprint density at radius 1 is 1.50 bits per heavy atom. The maximum absolute atomic E-state index is 11.5. The average molecular weight is 299 g/mol. The van der Waals surface area contributed by atoms with Crippen molar-refractivity contribution in [2.75, 3.05) is 5.75 Å². The molecule has 0 heterocycles. The van der Waals surface area contributed by atoms with Gasteiger partial charge in [-0.15, -0.1) is 18.3 Å². The third-order valence-electron chi connectivity index (χ3n) is 2.06. The molecule has 1 rings (SSSR count). The zero-order valence-corrected chi connectivity index (χ0v) is 11.5. The average Bonchev–Trinajstić information content (AvgIpc) is 2.27. The first kappa shape index (κ1) is 13.5. The molecule has 0 N–H and O–H groups in total. The quantitative estimate of drug-likeness (QED) is 0.420. The Balaban J connectivity index is 2.28. The van der Waals surface area contributed by atoms with Crippen LogP contribution in [0.2, 0.25) is 0 Å². The number of allylic oxidation sites excluding steroid dienone is 1. The molecule has 0 atom stereocenters. The molecule has 0 radical (unpaired) electrons. The summed E-state index contributed by atoms with van der Waals surface area (Å²) in [5.74, 6) is 0.875. The number of hydrogen-bond acceptors (Lipinski definition) is 2. The number of benzene rings is 1. The van der Waals surface area contributed by atoms with Crippen molar-refractivity contribution in [1.29, 1.82) is 0 Å². The van der Waals surface area contributed by atoms with Crippen LogP contribution in [0.1, 0.15) is 19.3 Å². The monoisotopic (exact) mass is 298 g/mol. The molecule has 0 bridgehead atoms. The first-order valence-corrected chi connectivity index (χ1v) is 7.01. The van der Waals surface area contributed by atoms with Crippen LogP contribution in [0.3, 0.4) is 0 Å². The van der Waals surface area contributed by atoms with Crippen molar-refractivity contribution < 1.29 is 4.79 Å². The highest BCUT2D eigenvalue weighted by atomic mass is 79.9. The second kappa shape index (κ2) is 7.69. The number of carbonyl (C=O) groups is 1. The van der Waals surface area contributed by atoms with E-state index in [2.05, 4.69) is 22.5 Å². The van der Waals surface area contributed by atoms with Crippen molar-refractivity contribution in [2.45, 2.75) is 24.2 Å². The van der Waals surface area contributed by atoms with Gasteiger partial charge >= 0.3 is 0 Å². The summed E-state index contributed by atoms with van der Waals surface area (Å²) in [6.07, 6.45) is 4.36. The minimum atomic E-state index is 0.312. The number of ketones is 1. The molecule has 0 aliphatic rings. The molecule has 3 heteroatoms. The second-order valence-electron chi connectivity index (χ2n) is 3.47. The summed E-state index contributed by atoms with van der Waals surface area (Å²) in [4.78, 5) is 12.6. The van der Waals surface area contributed by atoms with Crippen LogP contribution >= 0.6 is 27.7 Å². The van der Waals surface area contributed by atoms with Gasteiger partial charge in [0.15, 0.2) is 0 Å². The largest absolute Gasteiger partial charge is 0.299 e. The summed E-state index contributed by atoms with van der Waals surface area (Å²) in [5.41, 5.74) is 0. The Bertz CT molecular complexity index is 363. The molecule has 0 saturated carbocycles. The summed E-state index contributed by atoms with van der Waals surface area (Å²) in [7, 11) is 0. The van der Waals surface area contributed by atoms with Crippen LogP contribution in [0.25, 0.3) is 0 Å². The molecule has 1 nitrogen and oxygen atoms in total. The summed E-state index contributed by atoms with van der Waals surface area (Å²) in [6, 6.07) is 8.01. The molecule has 1 aromatic rings. The Hall–Kier alpha value is -0.540. The van der Waals surface area contributed by atoms with Crippen LogP contribution < -0.4 is 0 Å². The number of hydrogen-bond donors (Lipinski definition) is 0. The predicted molar refractivity (Wildman–Crippen MR) is 73.9 cm³/mol. The van der Waals surface area contributed by atoms with Crippen molar-refractivity contribution >= 4 is 33.5 Å². The molecule has 86 valence electrons. The van der Waals surface area contributed by atoms with Crippen LogP contribution in [-0.4, -0.2) is 11.5 Å². The van der Waals surface area contributed by atoms with Gasteiger partial charge in [-0.05, 0) is 31.0 Å². The van der Waals surface area contributed by atoms with E-state index in [1.807, 2.05) is 30.3 Å². The molecule has 16 heavy (non-hydrogen) atoms. The highest BCUT2D eigenvalue weighted by Gasteiger charge is 2.02. The predicted octanol–water partition coefficient (Wildman–Crippen LogP) is 4.47. The van der Waals surface area contributed by atoms with E-state index in [0.29, 0.717) is 18.0 Å². The lowest BCUT2D eigenvalue weighted by Crippen LogP contribution is -2.00. The Kier molecular flexibility index (Phi) is 6.50. The van der Waals surface area contributed by atoms with Gasteiger partial charge < -0.3 is 0 Å². The van der Waals surface area contributed by atoms with Crippen LogP contribution in [-0.2, 0) is 4.79 Å². The molecule has 0 fully saturated rings. The van der Waals surface area contributed by atoms with Gasteiger partial charge in [0.2, 0.25) is 0 Å². The van der Waals surface area contributed by atoms with E-state index in [1.165, 1.54) is 0 Å². The van der Waals surface area contributed by atoms with Crippen LogP contribution in [0.5, 0.6) is 0 Å². The van der Waals surface area contributed by atoms with Gasteiger partial charge in [-0.1, -0.05) is 28.1 Å². The molecule has 0 amide bonds. The second-order valence-corrected chi connectivity index (χ2v) is 5.43. The number of rotatable bonds is 7. The third-order valence-corrected chi connectivity index (χ3v) is 3.61. The Labute approximate surface area is 109 Å². The Morgan fingerprint density at radius 3 is 3.00 bits per heavy atom. The molecule has 0 aromatic heterocycles. The lowest BCUT2D eigenvalue weighted by atomic mass is 10.2. The van der Waals surface area contributed by atoms with Crippen molar-refractivity contribution in [3.8, 4) is 0 Å². The normalized spacial score (nSPS) is 10.1. The highest BCUT2D eigenvalue weighted by Crippen LogP contribution is 2.22. The summed E-state index contributed by atoms with van der Waals surface area (Å²) >= 11 is 5.01. The van der Waals surface area contributed by atoms with Gasteiger partial charge in [0.1, 0.15) is 5.78 Å². The number of Topliss-reactive ketones (excluding diaryl/α,β-unsaturated/α-hetero) is 1. The van der Waals surface area contributed by atoms with Gasteiger partial charge in [-0.2, -0.15) is 0 Å². The van der Waals surface area contributed by atoms with E-state index < -0.39 is 0 Å². The molecule has 0 saturated heterocycles. The SMILES string of the molecule is C=CCCCC(=O)CSc1cccc(Br)c1. The molecule has 0 spiro atoms. The Morgan fingerprint density at radius 2 is 2.31 bits per heavy atom. The van der Waals surface area contributed by atoms with Gasteiger partial charge in [0.25, 0.3) is 0 Å². The first-order valence-electron chi connectivity index (χ1n) is 5.23. The van der Waals surface area contributed by atoms with Crippen molar-refractivity contribution in [1.82, 2.24) is 0 Å². The van der Waals surface area contributed by atoms with E-state index in [1.54, 1.807) is 11.8 Å². The number of unbranched alkanes of at least 4 members (excludes halogenated alkanes) is 1. The van der Waals surface area contributed by atoms with Crippen LogP contribution in [0, 0.1) is 0 Å². The topological polar surface area (TPSA) is 17.1 Å². The molecule has 0 aliphatic carbocycles. The molecular weight excluding hydrogens is 284 g/mol. The fourth-order valence-electron chi connectivity index (χ4n) is 1.24. The van der Waals surface area contributed by atoms with E-state index in [9.17, 15) is 4.79 Å². The summed E-state index contributed by atoms with van der Waals surface area (Å²) in [5, 5.41) is 0. The van der Waals surface area contributed by atoms with E-state index in [0.717, 1.165) is 22.2 Å². The van der Waals surface area contributed by atoms with Crippen LogP contribution in [0.15, 0.2) is 46.3 Å². The van der Waals surface area contributed by atoms with Crippen LogP contribution in [0.4, 0.5) is 0 Å². The standard InChI is InChI=1S/C13H15BrOS/c1-2-3-4-7-12(15)10-16-13-8-5-6-11(14)9-13/h2,5-6,8-9H,1,3-4,7,10H2. The highest BCUT2D eigenvalue weighted by molar-refractivity contribution is 9.10. The third kappa shape index (κ3) is 5.52. The number of thioether (sulfide) groups is 1. The molecule has 1 aromatic carbocycles. The lowest BCUT2D eigenvalue weighted by molar-refractivity contribution is -0.116. The zero-order valence-electron chi connectivity index (χ0n) is 9.12. The number of halogens is 1. The zero-order chi connectivity index (χ0) is 11.8. The smallest absolute Gasteiger partial charge is 0.143 e. The maximum Gasteiger partial charge on any atom is 0.143 e. The van der Waals surface area contributed by atoms with E-state index in [4.69, 9.17) is 0 Å². The van der Waals surface area contributed by atoms with E-state index >= 15 is 0 Å². The molecule has 0 aliphatic heterocycles. The molecule has 0 unspecified atom stereocenters. The fourth-order valence-corrected chi connectivity index (χ4v) is 2.64. The van der Waals surface area contributed by atoms with Gasteiger partial charge in [0, 0.05) is 15.8 Å². The maximum atomic E-state index is 11.5. The van der Waals surface area contributed by atoms with Gasteiger partial charge in [-0.3, -0.25) is 4.79 Å². The van der Waals surface area contributed by atoms with Crippen molar-refractivity contribution in [3.63, 3.8) is 0 Å². The number of carbonyl (C=O) groups excluding carboxylic acids is 1. The summed E-state index contributed by atoms with van der Waals surface area (Å²) in [6.45, 7) is 3.64.